The fraction of sp³-hybridized carbons (Fsp3) is 0.200. The lowest BCUT2D eigenvalue weighted by molar-refractivity contribution is -0.274. The Morgan fingerprint density at radius 2 is 1.71 bits per heavy atom. The Balaban J connectivity index is 2.21. The van der Waals surface area contributed by atoms with Crippen LogP contribution in [0.5, 0.6) is 11.5 Å². The molecule has 0 saturated carbocycles. The lowest BCUT2D eigenvalue weighted by Crippen LogP contribution is -2.18. The molecule has 1 unspecified atom stereocenters. The molecule has 0 saturated heterocycles. The first-order valence-electron chi connectivity index (χ1n) is 8.68. The lowest BCUT2D eigenvalue weighted by atomic mass is 9.97. The van der Waals surface area contributed by atoms with E-state index >= 15 is 0 Å². The van der Waals surface area contributed by atoms with Crippen molar-refractivity contribution in [1.29, 1.82) is 0 Å². The number of alkyl halides is 3. The van der Waals surface area contributed by atoms with Gasteiger partial charge in [-0.05, 0) is 43.7 Å². The Morgan fingerprint density at radius 1 is 1.13 bits per heavy atom. The number of benzene rings is 2. The molecule has 0 radical (unpaired) electrons. The summed E-state index contributed by atoms with van der Waals surface area (Å²) in [5.41, 5.74) is -0.679. The van der Waals surface area contributed by atoms with Crippen LogP contribution < -0.4 is 4.74 Å². The molecule has 0 aliphatic heterocycles. The van der Waals surface area contributed by atoms with Crippen LogP contribution in [0, 0.1) is 18.6 Å². The number of phenolic OH excluding ortho intramolecular Hbond substituents is 1. The number of aromatic hydroxyl groups is 1. The van der Waals surface area contributed by atoms with Crippen molar-refractivity contribution in [2.45, 2.75) is 26.1 Å². The van der Waals surface area contributed by atoms with Crippen molar-refractivity contribution in [2.24, 2.45) is 0 Å². The molecule has 1 aromatic heterocycles. The molecule has 2 aromatic carbocycles. The van der Waals surface area contributed by atoms with Gasteiger partial charge in [0.05, 0.1) is 11.4 Å². The number of hydrogen-bond donors (Lipinski definition) is 2. The van der Waals surface area contributed by atoms with Crippen LogP contribution in [0.25, 0.3) is 10.9 Å². The van der Waals surface area contributed by atoms with E-state index in [9.17, 15) is 41.8 Å². The molecular formula is C20H14F5NO5. The number of carbonyl (C=O) groups excluding carboxylic acids is 1. The van der Waals surface area contributed by atoms with Gasteiger partial charge in [0.25, 0.3) is 5.91 Å². The van der Waals surface area contributed by atoms with Crippen LogP contribution in [0.15, 0.2) is 30.3 Å². The number of aromatic nitrogens is 1. The predicted molar refractivity (Wildman–Crippen MR) is 97.2 cm³/mol. The fourth-order valence-electron chi connectivity index (χ4n) is 3.35. The summed E-state index contributed by atoms with van der Waals surface area (Å²) in [4.78, 5) is 24.5. The smallest absolute Gasteiger partial charge is 0.503 e. The van der Waals surface area contributed by atoms with Gasteiger partial charge in [-0.2, -0.15) is 0 Å². The zero-order valence-corrected chi connectivity index (χ0v) is 15.9. The number of carboxylic acid groups (broad SMARTS) is 1. The molecule has 31 heavy (non-hydrogen) atoms. The van der Waals surface area contributed by atoms with Crippen LogP contribution in [-0.4, -0.2) is 33.0 Å². The number of rotatable bonds is 4. The SMILES string of the molecule is Cc1c(C(C)C(=O)O)c2c(F)c(O)c(F)cc2n1C(=O)c1ccc(OC(F)(F)F)cc1. The summed E-state index contributed by atoms with van der Waals surface area (Å²) in [6.45, 7) is 2.53. The fourth-order valence-corrected chi connectivity index (χ4v) is 3.35. The molecule has 3 rings (SSSR count). The Bertz CT molecular complexity index is 1200. The van der Waals surface area contributed by atoms with Crippen molar-refractivity contribution in [3.05, 3.63) is 58.8 Å². The molecule has 164 valence electrons. The monoisotopic (exact) mass is 443 g/mol. The highest BCUT2D eigenvalue weighted by atomic mass is 19.4. The molecule has 6 nitrogen and oxygen atoms in total. The van der Waals surface area contributed by atoms with E-state index in [0.717, 1.165) is 28.8 Å². The van der Waals surface area contributed by atoms with Crippen molar-refractivity contribution in [2.75, 3.05) is 0 Å². The number of aliphatic carboxylic acids is 1. The van der Waals surface area contributed by atoms with Crippen molar-refractivity contribution >= 4 is 22.8 Å². The second kappa shape index (κ2) is 7.56. The first-order valence-corrected chi connectivity index (χ1v) is 8.68. The molecule has 0 spiro atoms. The third-order valence-electron chi connectivity index (χ3n) is 4.75. The van der Waals surface area contributed by atoms with Gasteiger partial charge in [-0.3, -0.25) is 14.2 Å². The maximum Gasteiger partial charge on any atom is 0.573 e. The molecule has 11 heteroatoms. The van der Waals surface area contributed by atoms with Crippen molar-refractivity contribution in [3.63, 3.8) is 0 Å². The van der Waals surface area contributed by atoms with Crippen molar-refractivity contribution in [1.82, 2.24) is 4.57 Å². The van der Waals surface area contributed by atoms with Gasteiger partial charge in [-0.15, -0.1) is 13.2 Å². The van der Waals surface area contributed by atoms with E-state index < -0.39 is 52.7 Å². The Hall–Kier alpha value is -3.63. The van der Waals surface area contributed by atoms with E-state index in [1.54, 1.807) is 0 Å². The number of carboxylic acids is 1. The van der Waals surface area contributed by atoms with Gasteiger partial charge in [0.2, 0.25) is 0 Å². The standard InChI is InChI=1S/C20H14F5NO5/c1-8(19(29)30)14-9(2)26(13-7-12(21)17(27)16(22)15(13)14)18(28)10-3-5-11(6-4-10)31-20(23,24)25/h3-8,27H,1-2H3,(H,29,30). The first kappa shape index (κ1) is 22.1. The summed E-state index contributed by atoms with van der Waals surface area (Å²) in [7, 11) is 0. The van der Waals surface area contributed by atoms with Crippen molar-refractivity contribution < 1.29 is 46.5 Å². The summed E-state index contributed by atoms with van der Waals surface area (Å²) < 4.78 is 70.2. The van der Waals surface area contributed by atoms with Crippen molar-refractivity contribution in [3.8, 4) is 11.5 Å². The summed E-state index contributed by atoms with van der Waals surface area (Å²) in [5.74, 6) is -8.27. The van der Waals surface area contributed by atoms with Crippen LogP contribution in [0.4, 0.5) is 22.0 Å². The minimum absolute atomic E-state index is 0.0329. The Kier molecular flexibility index (Phi) is 5.38. The minimum atomic E-state index is -4.93. The van der Waals surface area contributed by atoms with E-state index in [1.165, 1.54) is 13.8 Å². The number of phenols is 1. The number of hydrogen-bond acceptors (Lipinski definition) is 4. The normalized spacial score (nSPS) is 12.7. The van der Waals surface area contributed by atoms with Gasteiger partial charge in [0, 0.05) is 22.7 Å². The van der Waals surface area contributed by atoms with Crippen LogP contribution in [0.2, 0.25) is 0 Å². The van der Waals surface area contributed by atoms with Crippen LogP contribution in [0.3, 0.4) is 0 Å². The van der Waals surface area contributed by atoms with E-state index in [4.69, 9.17) is 0 Å². The minimum Gasteiger partial charge on any atom is -0.503 e. The zero-order chi connectivity index (χ0) is 23.2. The zero-order valence-electron chi connectivity index (χ0n) is 15.9. The Morgan fingerprint density at radius 3 is 2.23 bits per heavy atom. The van der Waals surface area contributed by atoms with E-state index in [1.807, 2.05) is 0 Å². The molecule has 1 atom stereocenters. The Labute approximate surface area is 171 Å². The lowest BCUT2D eigenvalue weighted by Gasteiger charge is -2.11. The number of carbonyl (C=O) groups is 2. The highest BCUT2D eigenvalue weighted by Gasteiger charge is 2.32. The molecule has 0 aliphatic carbocycles. The third-order valence-corrected chi connectivity index (χ3v) is 4.75. The van der Waals surface area contributed by atoms with Gasteiger partial charge < -0.3 is 14.9 Å². The second-order valence-electron chi connectivity index (χ2n) is 6.69. The molecule has 0 amide bonds. The van der Waals surface area contributed by atoms with Gasteiger partial charge in [-0.25, -0.2) is 8.78 Å². The summed E-state index contributed by atoms with van der Waals surface area (Å²) >= 11 is 0. The predicted octanol–water partition coefficient (Wildman–Crippen LogP) is 4.71. The van der Waals surface area contributed by atoms with E-state index in [2.05, 4.69) is 4.74 Å². The molecule has 3 aromatic rings. The van der Waals surface area contributed by atoms with Crippen LogP contribution in [-0.2, 0) is 4.79 Å². The molecule has 2 N–H and O–H groups in total. The highest BCUT2D eigenvalue weighted by molar-refractivity contribution is 6.05. The molecule has 1 heterocycles. The topological polar surface area (TPSA) is 88.8 Å². The summed E-state index contributed by atoms with van der Waals surface area (Å²) in [6, 6.07) is 4.48. The van der Waals surface area contributed by atoms with Crippen LogP contribution >= 0.6 is 0 Å². The molecule has 0 bridgehead atoms. The molecule has 0 aliphatic rings. The third kappa shape index (κ3) is 3.90. The second-order valence-corrected chi connectivity index (χ2v) is 6.69. The maximum atomic E-state index is 14.7. The average molecular weight is 443 g/mol. The number of fused-ring (bicyclic) bond motifs is 1. The quantitative estimate of drug-likeness (QED) is 0.571. The first-order chi connectivity index (χ1) is 14.3. The van der Waals surface area contributed by atoms with Gasteiger partial charge in [0.15, 0.2) is 17.4 Å². The maximum absolute atomic E-state index is 14.7. The van der Waals surface area contributed by atoms with Gasteiger partial charge in [-0.1, -0.05) is 0 Å². The highest BCUT2D eigenvalue weighted by Crippen LogP contribution is 2.38. The van der Waals surface area contributed by atoms with E-state index in [-0.39, 0.29) is 22.3 Å². The largest absolute Gasteiger partial charge is 0.573 e. The number of ether oxygens (including phenoxy) is 1. The number of nitrogens with zero attached hydrogens (tertiary/aromatic N) is 1. The van der Waals surface area contributed by atoms with Gasteiger partial charge in [0.1, 0.15) is 5.75 Å². The number of halogens is 5. The van der Waals surface area contributed by atoms with E-state index in [0.29, 0.717) is 6.07 Å². The average Bonchev–Trinajstić information content (AvgIpc) is 2.96. The molecule has 0 fully saturated rings. The van der Waals surface area contributed by atoms with Gasteiger partial charge >= 0.3 is 12.3 Å². The summed E-state index contributed by atoms with van der Waals surface area (Å²) in [5, 5.41) is 18.5. The molecular weight excluding hydrogens is 429 g/mol. The summed E-state index contributed by atoms with van der Waals surface area (Å²) in [6.07, 6.45) is -4.93. The van der Waals surface area contributed by atoms with Crippen LogP contribution in [0.1, 0.15) is 34.5 Å².